The van der Waals surface area contributed by atoms with Crippen molar-refractivity contribution in [1.82, 2.24) is 4.90 Å². The van der Waals surface area contributed by atoms with Gasteiger partial charge in [-0.1, -0.05) is 24.3 Å². The Kier molecular flexibility index (Phi) is 4.65. The summed E-state index contributed by atoms with van der Waals surface area (Å²) in [6, 6.07) is 16.3. The molecule has 1 aliphatic heterocycles. The standard InChI is InChI=1S/C20H24N2O/c1-15-10-11-18(13-16(15)2)21-19-9-6-12-22(14-19)20(23)17-7-4-3-5-8-17/h3-5,7-8,10-11,13,19,21H,6,9,12,14H2,1-2H3. The van der Waals surface area contributed by atoms with Gasteiger partial charge in [-0.3, -0.25) is 4.79 Å². The van der Waals surface area contributed by atoms with Crippen LogP contribution < -0.4 is 5.32 Å². The molecule has 23 heavy (non-hydrogen) atoms. The van der Waals surface area contributed by atoms with E-state index in [0.29, 0.717) is 6.04 Å². The number of carbonyl (C=O) groups is 1. The zero-order valence-electron chi connectivity index (χ0n) is 13.9. The minimum absolute atomic E-state index is 0.136. The summed E-state index contributed by atoms with van der Waals surface area (Å²) in [6.07, 6.45) is 2.15. The van der Waals surface area contributed by atoms with Crippen LogP contribution in [0, 0.1) is 13.8 Å². The van der Waals surface area contributed by atoms with E-state index in [1.54, 1.807) is 0 Å². The van der Waals surface area contributed by atoms with Crippen molar-refractivity contribution >= 4 is 11.6 Å². The van der Waals surface area contributed by atoms with E-state index in [-0.39, 0.29) is 5.91 Å². The number of hydrogen-bond acceptors (Lipinski definition) is 2. The van der Waals surface area contributed by atoms with Gasteiger partial charge in [0.1, 0.15) is 0 Å². The maximum Gasteiger partial charge on any atom is 0.253 e. The summed E-state index contributed by atoms with van der Waals surface area (Å²) in [6.45, 7) is 5.87. The van der Waals surface area contributed by atoms with Gasteiger partial charge in [0.2, 0.25) is 0 Å². The molecule has 3 nitrogen and oxygen atoms in total. The van der Waals surface area contributed by atoms with E-state index in [1.807, 2.05) is 35.2 Å². The molecule has 1 heterocycles. The van der Waals surface area contributed by atoms with Crippen LogP contribution in [0.15, 0.2) is 48.5 Å². The Morgan fingerprint density at radius 1 is 1.09 bits per heavy atom. The average molecular weight is 308 g/mol. The summed E-state index contributed by atoms with van der Waals surface area (Å²) < 4.78 is 0. The second kappa shape index (κ2) is 6.86. The summed E-state index contributed by atoms with van der Waals surface area (Å²) >= 11 is 0. The van der Waals surface area contributed by atoms with Gasteiger partial charge in [-0.05, 0) is 62.1 Å². The third-order valence-electron chi connectivity index (χ3n) is 4.61. The molecule has 0 aliphatic carbocycles. The van der Waals surface area contributed by atoms with Crippen LogP contribution in [0.5, 0.6) is 0 Å². The summed E-state index contributed by atoms with van der Waals surface area (Å²) in [4.78, 5) is 14.6. The fraction of sp³-hybridized carbons (Fsp3) is 0.350. The number of rotatable bonds is 3. The Balaban J connectivity index is 1.66. The zero-order valence-corrected chi connectivity index (χ0v) is 13.9. The van der Waals surface area contributed by atoms with E-state index < -0.39 is 0 Å². The van der Waals surface area contributed by atoms with Crippen LogP contribution in [0.3, 0.4) is 0 Å². The number of carbonyl (C=O) groups excluding carboxylic acids is 1. The van der Waals surface area contributed by atoms with Crippen LogP contribution in [-0.2, 0) is 0 Å². The van der Waals surface area contributed by atoms with Crippen molar-refractivity contribution in [2.75, 3.05) is 18.4 Å². The zero-order chi connectivity index (χ0) is 16.2. The molecule has 1 aliphatic rings. The lowest BCUT2D eigenvalue weighted by Crippen LogP contribution is -2.45. The lowest BCUT2D eigenvalue weighted by molar-refractivity contribution is 0.0715. The Morgan fingerprint density at radius 2 is 1.87 bits per heavy atom. The van der Waals surface area contributed by atoms with E-state index in [0.717, 1.165) is 37.2 Å². The van der Waals surface area contributed by atoms with E-state index in [2.05, 4.69) is 37.4 Å². The highest BCUT2D eigenvalue weighted by Crippen LogP contribution is 2.20. The van der Waals surface area contributed by atoms with Crippen LogP contribution in [0.25, 0.3) is 0 Å². The summed E-state index contributed by atoms with van der Waals surface area (Å²) in [5, 5.41) is 3.59. The second-order valence-electron chi connectivity index (χ2n) is 6.40. The Bertz CT molecular complexity index is 681. The first-order valence-electron chi connectivity index (χ1n) is 8.31. The van der Waals surface area contributed by atoms with Gasteiger partial charge in [0, 0.05) is 30.4 Å². The molecular weight excluding hydrogens is 284 g/mol. The number of benzene rings is 2. The third kappa shape index (κ3) is 3.73. The minimum atomic E-state index is 0.136. The van der Waals surface area contributed by atoms with Crippen molar-refractivity contribution in [3.63, 3.8) is 0 Å². The molecule has 3 rings (SSSR count). The number of piperidine rings is 1. The molecule has 0 aromatic heterocycles. The van der Waals surface area contributed by atoms with E-state index in [4.69, 9.17) is 0 Å². The molecule has 1 saturated heterocycles. The number of nitrogens with zero attached hydrogens (tertiary/aromatic N) is 1. The molecule has 1 amide bonds. The number of aryl methyl sites for hydroxylation is 2. The topological polar surface area (TPSA) is 32.3 Å². The molecule has 0 spiro atoms. The van der Waals surface area contributed by atoms with Crippen LogP contribution >= 0.6 is 0 Å². The first-order valence-corrected chi connectivity index (χ1v) is 8.31. The number of hydrogen-bond donors (Lipinski definition) is 1. The van der Waals surface area contributed by atoms with Gasteiger partial charge in [-0.2, -0.15) is 0 Å². The third-order valence-corrected chi connectivity index (χ3v) is 4.61. The average Bonchev–Trinajstić information content (AvgIpc) is 2.58. The largest absolute Gasteiger partial charge is 0.381 e. The fourth-order valence-corrected chi connectivity index (χ4v) is 3.11. The molecule has 1 atom stereocenters. The van der Waals surface area contributed by atoms with E-state index in [1.165, 1.54) is 11.1 Å². The van der Waals surface area contributed by atoms with E-state index >= 15 is 0 Å². The van der Waals surface area contributed by atoms with Crippen LogP contribution in [0.1, 0.15) is 34.3 Å². The molecular formula is C20H24N2O. The first-order chi connectivity index (χ1) is 11.1. The van der Waals surface area contributed by atoms with Gasteiger partial charge in [-0.25, -0.2) is 0 Å². The van der Waals surface area contributed by atoms with Crippen molar-refractivity contribution in [3.8, 4) is 0 Å². The molecule has 0 bridgehead atoms. The lowest BCUT2D eigenvalue weighted by atomic mass is 10.0. The SMILES string of the molecule is Cc1ccc(NC2CCCN(C(=O)c3ccccc3)C2)cc1C. The van der Waals surface area contributed by atoms with Crippen molar-refractivity contribution in [2.24, 2.45) is 0 Å². The molecule has 0 radical (unpaired) electrons. The molecule has 1 N–H and O–H groups in total. The molecule has 2 aromatic carbocycles. The fourth-order valence-electron chi connectivity index (χ4n) is 3.11. The monoisotopic (exact) mass is 308 g/mol. The predicted octanol–water partition coefficient (Wildman–Crippen LogP) is 4.02. The van der Waals surface area contributed by atoms with Crippen LogP contribution in [-0.4, -0.2) is 29.9 Å². The molecule has 3 heteroatoms. The number of amides is 1. The summed E-state index contributed by atoms with van der Waals surface area (Å²) in [5.74, 6) is 0.136. The summed E-state index contributed by atoms with van der Waals surface area (Å²) in [7, 11) is 0. The normalized spacial score (nSPS) is 17.8. The smallest absolute Gasteiger partial charge is 0.253 e. The van der Waals surface area contributed by atoms with Crippen molar-refractivity contribution in [2.45, 2.75) is 32.7 Å². The minimum Gasteiger partial charge on any atom is -0.381 e. The molecule has 1 unspecified atom stereocenters. The van der Waals surface area contributed by atoms with Gasteiger partial charge in [-0.15, -0.1) is 0 Å². The van der Waals surface area contributed by atoms with Gasteiger partial charge in [0.25, 0.3) is 5.91 Å². The predicted molar refractivity (Wildman–Crippen MR) is 94.9 cm³/mol. The number of anilines is 1. The molecule has 1 fully saturated rings. The number of nitrogens with one attached hydrogen (secondary N) is 1. The maximum absolute atomic E-state index is 12.6. The van der Waals surface area contributed by atoms with Crippen molar-refractivity contribution in [1.29, 1.82) is 0 Å². The maximum atomic E-state index is 12.6. The van der Waals surface area contributed by atoms with Crippen molar-refractivity contribution in [3.05, 3.63) is 65.2 Å². The van der Waals surface area contributed by atoms with Crippen molar-refractivity contribution < 1.29 is 4.79 Å². The second-order valence-corrected chi connectivity index (χ2v) is 6.40. The highest BCUT2D eigenvalue weighted by molar-refractivity contribution is 5.94. The van der Waals surface area contributed by atoms with Gasteiger partial charge < -0.3 is 10.2 Å². The summed E-state index contributed by atoms with van der Waals surface area (Å²) in [5.41, 5.74) is 4.52. The quantitative estimate of drug-likeness (QED) is 0.929. The first kappa shape index (κ1) is 15.6. The molecule has 120 valence electrons. The molecule has 2 aromatic rings. The molecule has 0 saturated carbocycles. The van der Waals surface area contributed by atoms with Crippen LogP contribution in [0.2, 0.25) is 0 Å². The highest BCUT2D eigenvalue weighted by Gasteiger charge is 2.24. The van der Waals surface area contributed by atoms with E-state index in [9.17, 15) is 4.79 Å². The van der Waals surface area contributed by atoms with Gasteiger partial charge in [0.15, 0.2) is 0 Å². The van der Waals surface area contributed by atoms with Gasteiger partial charge >= 0.3 is 0 Å². The Labute approximate surface area is 138 Å². The van der Waals surface area contributed by atoms with Crippen LogP contribution in [0.4, 0.5) is 5.69 Å². The van der Waals surface area contributed by atoms with Gasteiger partial charge in [0.05, 0.1) is 0 Å². The number of likely N-dealkylation sites (tertiary alicyclic amines) is 1. The Morgan fingerprint density at radius 3 is 2.61 bits per heavy atom. The highest BCUT2D eigenvalue weighted by atomic mass is 16.2. The lowest BCUT2D eigenvalue weighted by Gasteiger charge is -2.34. The Hall–Kier alpha value is -2.29.